The van der Waals surface area contributed by atoms with Gasteiger partial charge in [0.2, 0.25) is 0 Å². The molecule has 0 aliphatic heterocycles. The zero-order valence-electron chi connectivity index (χ0n) is 10.8. The minimum absolute atomic E-state index is 0.158. The standard InChI is InChI=1S/C12H23N3/c1-7-11(4,5)14-15-12(6,9-13)8-10(2)3/h10H,7-8H2,1-6H3. The molecule has 15 heavy (non-hydrogen) atoms. The number of azo groups is 1. The summed E-state index contributed by atoms with van der Waals surface area (Å²) in [5.74, 6) is 0.457. The fourth-order valence-corrected chi connectivity index (χ4v) is 1.22. The Morgan fingerprint density at radius 2 is 1.73 bits per heavy atom. The Kier molecular flexibility index (Phi) is 4.93. The molecular formula is C12H23N3. The Balaban J connectivity index is 4.66. The van der Waals surface area contributed by atoms with Crippen molar-refractivity contribution in [3.8, 4) is 6.07 Å². The summed E-state index contributed by atoms with van der Waals surface area (Å²) in [6.45, 7) is 12.2. The minimum Gasteiger partial charge on any atom is -0.196 e. The van der Waals surface area contributed by atoms with Gasteiger partial charge in [-0.15, -0.1) is 0 Å². The third-order valence-electron chi connectivity index (χ3n) is 2.45. The van der Waals surface area contributed by atoms with E-state index in [1.54, 1.807) is 0 Å². The molecule has 0 rings (SSSR count). The van der Waals surface area contributed by atoms with E-state index in [4.69, 9.17) is 5.26 Å². The number of nitrogens with zero attached hydrogens (tertiary/aromatic N) is 3. The molecule has 1 unspecified atom stereocenters. The second-order valence-corrected chi connectivity index (χ2v) is 5.35. The Labute approximate surface area is 93.6 Å². The molecule has 0 aromatic carbocycles. The lowest BCUT2D eigenvalue weighted by molar-refractivity contribution is 0.392. The second-order valence-electron chi connectivity index (χ2n) is 5.35. The van der Waals surface area contributed by atoms with Gasteiger partial charge in [-0.3, -0.25) is 0 Å². The van der Waals surface area contributed by atoms with Gasteiger partial charge in [0.15, 0.2) is 5.54 Å². The van der Waals surface area contributed by atoms with Crippen LogP contribution in [0.4, 0.5) is 0 Å². The molecule has 0 saturated carbocycles. The van der Waals surface area contributed by atoms with Crippen molar-refractivity contribution in [2.45, 2.75) is 65.5 Å². The van der Waals surface area contributed by atoms with Gasteiger partial charge in [0.05, 0.1) is 11.6 Å². The fraction of sp³-hybridized carbons (Fsp3) is 0.917. The Morgan fingerprint density at radius 1 is 1.20 bits per heavy atom. The van der Waals surface area contributed by atoms with Gasteiger partial charge < -0.3 is 0 Å². The van der Waals surface area contributed by atoms with Gasteiger partial charge in [-0.2, -0.15) is 15.5 Å². The van der Waals surface area contributed by atoms with E-state index in [1.807, 2.05) is 20.8 Å². The van der Waals surface area contributed by atoms with Gasteiger partial charge >= 0.3 is 0 Å². The maximum absolute atomic E-state index is 9.10. The molecule has 0 amide bonds. The van der Waals surface area contributed by atoms with Crippen LogP contribution in [0.25, 0.3) is 0 Å². The predicted molar refractivity (Wildman–Crippen MR) is 62.7 cm³/mol. The average molecular weight is 209 g/mol. The maximum Gasteiger partial charge on any atom is 0.164 e. The Hall–Kier alpha value is -0.910. The van der Waals surface area contributed by atoms with Crippen molar-refractivity contribution in [1.29, 1.82) is 5.26 Å². The number of hydrogen-bond acceptors (Lipinski definition) is 3. The second kappa shape index (κ2) is 5.25. The van der Waals surface area contributed by atoms with Gasteiger partial charge in [-0.25, -0.2) is 0 Å². The van der Waals surface area contributed by atoms with Crippen molar-refractivity contribution in [3.63, 3.8) is 0 Å². The first-order valence-corrected chi connectivity index (χ1v) is 5.60. The summed E-state index contributed by atoms with van der Waals surface area (Å²) in [5, 5.41) is 17.6. The van der Waals surface area contributed by atoms with Crippen LogP contribution in [0.15, 0.2) is 10.2 Å². The highest BCUT2D eigenvalue weighted by Crippen LogP contribution is 2.23. The number of hydrogen-bond donors (Lipinski definition) is 0. The molecular weight excluding hydrogens is 186 g/mol. The summed E-state index contributed by atoms with van der Waals surface area (Å²) in [7, 11) is 0. The lowest BCUT2D eigenvalue weighted by Gasteiger charge is -2.21. The third-order valence-corrected chi connectivity index (χ3v) is 2.45. The van der Waals surface area contributed by atoms with E-state index >= 15 is 0 Å². The normalized spacial score (nSPS) is 16.7. The van der Waals surface area contributed by atoms with E-state index in [-0.39, 0.29) is 5.54 Å². The van der Waals surface area contributed by atoms with Crippen LogP contribution < -0.4 is 0 Å². The van der Waals surface area contributed by atoms with Crippen molar-refractivity contribution in [2.75, 3.05) is 0 Å². The highest BCUT2D eigenvalue weighted by atomic mass is 15.2. The van der Waals surface area contributed by atoms with Crippen LogP contribution in [0.5, 0.6) is 0 Å². The highest BCUT2D eigenvalue weighted by Gasteiger charge is 2.26. The van der Waals surface area contributed by atoms with Gasteiger partial charge in [-0.05, 0) is 39.5 Å². The molecule has 3 heteroatoms. The average Bonchev–Trinajstić information content (AvgIpc) is 2.14. The summed E-state index contributed by atoms with van der Waals surface area (Å²) >= 11 is 0. The van der Waals surface area contributed by atoms with Crippen LogP contribution in [0.3, 0.4) is 0 Å². The molecule has 0 heterocycles. The van der Waals surface area contributed by atoms with Crippen LogP contribution >= 0.6 is 0 Å². The topological polar surface area (TPSA) is 48.5 Å². The van der Waals surface area contributed by atoms with E-state index in [2.05, 4.69) is 37.1 Å². The lowest BCUT2D eigenvalue weighted by Crippen LogP contribution is -2.23. The largest absolute Gasteiger partial charge is 0.196 e. The smallest absolute Gasteiger partial charge is 0.164 e. The molecule has 0 fully saturated rings. The first kappa shape index (κ1) is 14.1. The predicted octanol–water partition coefficient (Wildman–Crippen LogP) is 3.96. The Bertz CT molecular complexity index is 261. The molecule has 1 atom stereocenters. The summed E-state index contributed by atoms with van der Waals surface area (Å²) in [4.78, 5) is 0. The molecule has 86 valence electrons. The van der Waals surface area contributed by atoms with Crippen LogP contribution in [0, 0.1) is 17.2 Å². The minimum atomic E-state index is -0.666. The third kappa shape index (κ3) is 5.51. The quantitative estimate of drug-likeness (QED) is 0.632. The first-order chi connectivity index (χ1) is 6.74. The zero-order chi connectivity index (χ0) is 12.1. The van der Waals surface area contributed by atoms with Crippen molar-refractivity contribution in [2.24, 2.45) is 16.1 Å². The summed E-state index contributed by atoms with van der Waals surface area (Å²) in [6, 6.07) is 2.25. The van der Waals surface area contributed by atoms with E-state index in [1.165, 1.54) is 0 Å². The van der Waals surface area contributed by atoms with Crippen LogP contribution in [-0.4, -0.2) is 11.1 Å². The van der Waals surface area contributed by atoms with Crippen molar-refractivity contribution in [1.82, 2.24) is 0 Å². The van der Waals surface area contributed by atoms with Crippen LogP contribution in [0.2, 0.25) is 0 Å². The maximum atomic E-state index is 9.10. The summed E-state index contributed by atoms with van der Waals surface area (Å²) in [5.41, 5.74) is -0.824. The van der Waals surface area contributed by atoms with Gasteiger partial charge in [0.25, 0.3) is 0 Å². The van der Waals surface area contributed by atoms with E-state index < -0.39 is 5.54 Å². The molecule has 0 aromatic rings. The van der Waals surface area contributed by atoms with E-state index in [9.17, 15) is 0 Å². The number of nitriles is 1. The van der Waals surface area contributed by atoms with Crippen molar-refractivity contribution >= 4 is 0 Å². The molecule has 0 saturated heterocycles. The summed E-state index contributed by atoms with van der Waals surface area (Å²) in [6.07, 6.45) is 1.69. The van der Waals surface area contributed by atoms with E-state index in [0.717, 1.165) is 12.8 Å². The van der Waals surface area contributed by atoms with Crippen molar-refractivity contribution in [3.05, 3.63) is 0 Å². The molecule has 0 N–H and O–H groups in total. The monoisotopic (exact) mass is 209 g/mol. The SMILES string of the molecule is CCC(C)(C)N=NC(C)(C#N)CC(C)C. The molecule has 0 aliphatic rings. The fourth-order valence-electron chi connectivity index (χ4n) is 1.22. The zero-order valence-corrected chi connectivity index (χ0v) is 10.8. The van der Waals surface area contributed by atoms with E-state index in [0.29, 0.717) is 5.92 Å². The Morgan fingerprint density at radius 3 is 2.07 bits per heavy atom. The molecule has 0 radical (unpaired) electrons. The molecule has 0 aromatic heterocycles. The molecule has 3 nitrogen and oxygen atoms in total. The van der Waals surface area contributed by atoms with Gasteiger partial charge in [0, 0.05) is 0 Å². The first-order valence-electron chi connectivity index (χ1n) is 5.60. The van der Waals surface area contributed by atoms with Crippen LogP contribution in [0.1, 0.15) is 54.4 Å². The number of rotatable bonds is 5. The van der Waals surface area contributed by atoms with Crippen molar-refractivity contribution < 1.29 is 0 Å². The highest BCUT2D eigenvalue weighted by molar-refractivity contribution is 5.03. The molecule has 0 spiro atoms. The van der Waals surface area contributed by atoms with Crippen LogP contribution in [-0.2, 0) is 0 Å². The van der Waals surface area contributed by atoms with Gasteiger partial charge in [0.1, 0.15) is 0 Å². The molecule has 0 bridgehead atoms. The van der Waals surface area contributed by atoms with Gasteiger partial charge in [-0.1, -0.05) is 20.8 Å². The lowest BCUT2D eigenvalue weighted by atomic mass is 9.93. The molecule has 0 aliphatic carbocycles. The summed E-state index contributed by atoms with van der Waals surface area (Å²) < 4.78 is 0.